The number of benzene rings is 1. The lowest BCUT2D eigenvalue weighted by atomic mass is 9.79. The number of para-hydroxylation sites is 1. The number of hydrogen-bond acceptors (Lipinski definition) is 5. The van der Waals surface area contributed by atoms with Crippen molar-refractivity contribution in [2.45, 2.75) is 19.8 Å². The van der Waals surface area contributed by atoms with Gasteiger partial charge in [0.2, 0.25) is 0 Å². The summed E-state index contributed by atoms with van der Waals surface area (Å²) < 4.78 is 0. The topological polar surface area (TPSA) is 121 Å². The van der Waals surface area contributed by atoms with Crippen LogP contribution in [0.15, 0.2) is 46.8 Å². The fourth-order valence-electron chi connectivity index (χ4n) is 2.94. The second-order valence-electron chi connectivity index (χ2n) is 5.42. The number of hydrogen-bond donors (Lipinski definition) is 2. The van der Waals surface area contributed by atoms with Crippen LogP contribution >= 0.6 is 0 Å². The minimum Gasteiger partial charge on any atom is -0.478 e. The Morgan fingerprint density at radius 2 is 1.54 bits per heavy atom. The molecular formula is C16H16N2O6. The van der Waals surface area contributed by atoms with Crippen molar-refractivity contribution in [3.05, 3.63) is 62.5 Å². The molecule has 0 saturated carbocycles. The van der Waals surface area contributed by atoms with E-state index in [4.69, 9.17) is 0 Å². The number of carboxylic acids is 2. The number of carboxylic acid groups (broad SMARTS) is 2. The predicted octanol–water partition coefficient (Wildman–Crippen LogP) is 2.34. The Labute approximate surface area is 137 Å². The van der Waals surface area contributed by atoms with Crippen molar-refractivity contribution < 1.29 is 24.7 Å². The van der Waals surface area contributed by atoms with Crippen LogP contribution in [-0.4, -0.2) is 39.0 Å². The standard InChI is InChI=1S/C16H16N2O6/c1-8-12(15(19)20)14(13(16(21)22)9(2)17(8)3)10-6-4-5-7-11(10)18(23)24/h4-7,14H,1-3H3,(H,19,20)(H,21,22). The van der Waals surface area contributed by atoms with E-state index in [1.54, 1.807) is 20.9 Å². The third-order valence-corrected chi connectivity index (χ3v) is 4.27. The van der Waals surface area contributed by atoms with Crippen molar-refractivity contribution in [3.63, 3.8) is 0 Å². The lowest BCUT2D eigenvalue weighted by molar-refractivity contribution is -0.385. The summed E-state index contributed by atoms with van der Waals surface area (Å²) in [5.41, 5.74) is 0.0418. The monoisotopic (exact) mass is 332 g/mol. The number of rotatable bonds is 4. The molecule has 1 aliphatic rings. The summed E-state index contributed by atoms with van der Waals surface area (Å²) in [6, 6.07) is 5.59. The minimum atomic E-state index is -1.31. The highest BCUT2D eigenvalue weighted by molar-refractivity contribution is 5.98. The Morgan fingerprint density at radius 3 is 1.96 bits per heavy atom. The quantitative estimate of drug-likeness (QED) is 0.641. The fraction of sp³-hybridized carbons (Fsp3) is 0.250. The Hall–Kier alpha value is -3.16. The second kappa shape index (κ2) is 6.15. The highest BCUT2D eigenvalue weighted by Crippen LogP contribution is 2.44. The molecule has 0 atom stereocenters. The molecule has 0 unspecified atom stereocenters. The number of nitro groups is 1. The van der Waals surface area contributed by atoms with Crippen molar-refractivity contribution in [1.29, 1.82) is 0 Å². The summed E-state index contributed by atoms with van der Waals surface area (Å²) in [6.07, 6.45) is 0. The molecule has 0 bridgehead atoms. The molecule has 1 aliphatic heterocycles. The van der Waals surface area contributed by atoms with E-state index in [1.165, 1.54) is 29.2 Å². The number of carbonyl (C=O) groups is 2. The maximum absolute atomic E-state index is 11.8. The van der Waals surface area contributed by atoms with Crippen LogP contribution in [0.3, 0.4) is 0 Å². The van der Waals surface area contributed by atoms with E-state index in [0.29, 0.717) is 11.4 Å². The van der Waals surface area contributed by atoms with E-state index in [9.17, 15) is 29.9 Å². The average molecular weight is 332 g/mol. The third kappa shape index (κ3) is 2.62. The lowest BCUT2D eigenvalue weighted by Crippen LogP contribution is -2.32. The van der Waals surface area contributed by atoms with Crippen molar-refractivity contribution in [1.82, 2.24) is 4.90 Å². The van der Waals surface area contributed by atoms with Gasteiger partial charge in [-0.3, -0.25) is 10.1 Å². The van der Waals surface area contributed by atoms with Crippen molar-refractivity contribution in [2.24, 2.45) is 0 Å². The molecule has 0 spiro atoms. The van der Waals surface area contributed by atoms with Gasteiger partial charge in [-0.25, -0.2) is 9.59 Å². The molecule has 126 valence electrons. The molecule has 0 aromatic heterocycles. The number of nitrogens with zero attached hydrogens (tertiary/aromatic N) is 2. The predicted molar refractivity (Wildman–Crippen MR) is 84.3 cm³/mol. The van der Waals surface area contributed by atoms with E-state index < -0.39 is 22.8 Å². The summed E-state index contributed by atoms with van der Waals surface area (Å²) in [5.74, 6) is -3.85. The van der Waals surface area contributed by atoms with Crippen LogP contribution in [0, 0.1) is 10.1 Å². The summed E-state index contributed by atoms with van der Waals surface area (Å²) in [5, 5.41) is 30.5. The van der Waals surface area contributed by atoms with E-state index >= 15 is 0 Å². The van der Waals surface area contributed by atoms with Gasteiger partial charge in [0.25, 0.3) is 5.69 Å². The van der Waals surface area contributed by atoms with Crippen LogP contribution < -0.4 is 0 Å². The molecule has 2 rings (SSSR count). The first-order valence-electron chi connectivity index (χ1n) is 7.03. The first-order valence-corrected chi connectivity index (χ1v) is 7.03. The fourth-order valence-corrected chi connectivity index (χ4v) is 2.94. The number of nitro benzene ring substituents is 1. The molecule has 8 nitrogen and oxygen atoms in total. The van der Waals surface area contributed by atoms with Crippen LogP contribution in [0.4, 0.5) is 5.69 Å². The van der Waals surface area contributed by atoms with Gasteiger partial charge in [-0.05, 0) is 13.8 Å². The highest BCUT2D eigenvalue weighted by Gasteiger charge is 2.40. The van der Waals surface area contributed by atoms with Crippen molar-refractivity contribution >= 4 is 17.6 Å². The van der Waals surface area contributed by atoms with Crippen LogP contribution in [0.1, 0.15) is 25.3 Å². The highest BCUT2D eigenvalue weighted by atomic mass is 16.6. The van der Waals surface area contributed by atoms with Crippen molar-refractivity contribution in [2.75, 3.05) is 7.05 Å². The van der Waals surface area contributed by atoms with E-state index in [2.05, 4.69) is 0 Å². The summed E-state index contributed by atoms with van der Waals surface area (Å²) in [6.45, 7) is 3.10. The summed E-state index contributed by atoms with van der Waals surface area (Å²) in [7, 11) is 1.56. The van der Waals surface area contributed by atoms with Crippen LogP contribution in [-0.2, 0) is 9.59 Å². The first kappa shape index (κ1) is 17.2. The maximum Gasteiger partial charge on any atom is 0.334 e. The Kier molecular flexibility index (Phi) is 4.41. The van der Waals surface area contributed by atoms with Crippen LogP contribution in [0.25, 0.3) is 0 Å². The third-order valence-electron chi connectivity index (χ3n) is 4.27. The van der Waals surface area contributed by atoms with E-state index in [1.807, 2.05) is 0 Å². The number of aliphatic carboxylic acids is 2. The molecule has 0 saturated heterocycles. The van der Waals surface area contributed by atoms with Gasteiger partial charge in [-0.15, -0.1) is 0 Å². The SMILES string of the molecule is CC1=C(C(=O)O)C(c2ccccc2[N+](=O)[O-])C(C(=O)O)=C(C)N1C. The summed E-state index contributed by atoms with van der Waals surface area (Å²) >= 11 is 0. The van der Waals surface area contributed by atoms with Gasteiger partial charge < -0.3 is 15.1 Å². The van der Waals surface area contributed by atoms with Gasteiger partial charge in [0.15, 0.2) is 0 Å². The van der Waals surface area contributed by atoms with Crippen LogP contribution in [0.2, 0.25) is 0 Å². The minimum absolute atomic E-state index is 0.0455. The zero-order chi connectivity index (χ0) is 18.2. The largest absolute Gasteiger partial charge is 0.478 e. The molecule has 1 aromatic carbocycles. The van der Waals surface area contributed by atoms with E-state index in [-0.39, 0.29) is 22.4 Å². The number of allylic oxidation sites excluding steroid dienone is 2. The zero-order valence-corrected chi connectivity index (χ0v) is 13.3. The molecule has 1 aromatic rings. The molecule has 0 amide bonds. The van der Waals surface area contributed by atoms with Crippen LogP contribution in [0.5, 0.6) is 0 Å². The maximum atomic E-state index is 11.8. The average Bonchev–Trinajstić information content (AvgIpc) is 2.51. The summed E-state index contributed by atoms with van der Waals surface area (Å²) in [4.78, 5) is 35.7. The molecule has 0 fully saturated rings. The van der Waals surface area contributed by atoms with Gasteiger partial charge in [0.1, 0.15) is 0 Å². The second-order valence-corrected chi connectivity index (χ2v) is 5.42. The smallest absolute Gasteiger partial charge is 0.334 e. The molecule has 1 heterocycles. The first-order chi connectivity index (χ1) is 11.2. The van der Waals surface area contributed by atoms with Crippen molar-refractivity contribution in [3.8, 4) is 0 Å². The Bertz CT molecular complexity index is 771. The zero-order valence-electron chi connectivity index (χ0n) is 13.3. The molecule has 8 heteroatoms. The molecule has 0 aliphatic carbocycles. The lowest BCUT2D eigenvalue weighted by Gasteiger charge is -2.34. The molecule has 0 radical (unpaired) electrons. The van der Waals surface area contributed by atoms with Gasteiger partial charge in [-0.2, -0.15) is 0 Å². The molecule has 24 heavy (non-hydrogen) atoms. The normalized spacial score (nSPS) is 15.7. The Balaban J connectivity index is 2.86. The van der Waals surface area contributed by atoms with Gasteiger partial charge in [0, 0.05) is 30.1 Å². The Morgan fingerprint density at radius 1 is 1.08 bits per heavy atom. The van der Waals surface area contributed by atoms with Gasteiger partial charge in [-0.1, -0.05) is 18.2 Å². The van der Waals surface area contributed by atoms with E-state index in [0.717, 1.165) is 0 Å². The molecule has 2 N–H and O–H groups in total. The molecular weight excluding hydrogens is 316 g/mol. The van der Waals surface area contributed by atoms with Gasteiger partial charge in [0.05, 0.1) is 22.0 Å². The van der Waals surface area contributed by atoms with Gasteiger partial charge >= 0.3 is 11.9 Å².